The number of anilines is 1. The van der Waals surface area contributed by atoms with Gasteiger partial charge in [0.15, 0.2) is 6.79 Å². The fourth-order valence-electron chi connectivity index (χ4n) is 2.60. The van der Waals surface area contributed by atoms with Crippen molar-refractivity contribution in [3.05, 3.63) is 23.3 Å². The van der Waals surface area contributed by atoms with Crippen molar-refractivity contribution in [3.8, 4) is 5.75 Å². The molecule has 1 unspecified atom stereocenters. The quantitative estimate of drug-likeness (QED) is 0.790. The van der Waals surface area contributed by atoms with Gasteiger partial charge in [0.25, 0.3) is 0 Å². The van der Waals surface area contributed by atoms with Crippen molar-refractivity contribution in [2.24, 2.45) is 5.92 Å². The van der Waals surface area contributed by atoms with E-state index < -0.39 is 0 Å². The third-order valence-electron chi connectivity index (χ3n) is 3.53. The van der Waals surface area contributed by atoms with Gasteiger partial charge in [-0.3, -0.25) is 4.79 Å². The van der Waals surface area contributed by atoms with Crippen LogP contribution in [0.3, 0.4) is 0 Å². The van der Waals surface area contributed by atoms with Crippen LogP contribution in [0.4, 0.5) is 5.69 Å². The van der Waals surface area contributed by atoms with E-state index in [4.69, 9.17) is 15.2 Å². The number of hydrogen-bond donors (Lipinski definition) is 2. The first kappa shape index (κ1) is 15.6. The maximum Gasteiger partial charge on any atom is 0.223 e. The van der Waals surface area contributed by atoms with Gasteiger partial charge in [-0.1, -0.05) is 6.92 Å². The van der Waals surface area contributed by atoms with E-state index in [0.29, 0.717) is 25.4 Å². The summed E-state index contributed by atoms with van der Waals surface area (Å²) in [5.74, 6) is 0.831. The largest absolute Gasteiger partial charge is 0.467 e. The fraction of sp³-hybridized carbons (Fsp3) is 0.533. The zero-order chi connectivity index (χ0) is 15.4. The topological polar surface area (TPSA) is 76.8 Å². The zero-order valence-electron chi connectivity index (χ0n) is 12.8. The Kier molecular flexibility index (Phi) is 5.03. The maximum atomic E-state index is 11.6. The number of nitrogens with zero attached hydrogens (tertiary/aromatic N) is 1. The van der Waals surface area contributed by atoms with Crippen molar-refractivity contribution >= 4 is 11.6 Å². The number of nitrogen functional groups attached to an aromatic ring is 1. The second-order valence-electron chi connectivity index (χ2n) is 5.49. The molecule has 0 spiro atoms. The van der Waals surface area contributed by atoms with Crippen LogP contribution in [0.15, 0.2) is 12.1 Å². The molecular weight excluding hydrogens is 270 g/mol. The van der Waals surface area contributed by atoms with Crippen LogP contribution < -0.4 is 15.8 Å². The van der Waals surface area contributed by atoms with Gasteiger partial charge >= 0.3 is 0 Å². The van der Waals surface area contributed by atoms with Gasteiger partial charge in [0, 0.05) is 42.9 Å². The average Bonchev–Trinajstić information content (AvgIpc) is 2.45. The Balaban J connectivity index is 2.08. The van der Waals surface area contributed by atoms with E-state index in [9.17, 15) is 4.79 Å². The average molecular weight is 293 g/mol. The molecule has 0 aromatic heterocycles. The van der Waals surface area contributed by atoms with Gasteiger partial charge in [0.05, 0.1) is 6.61 Å². The molecule has 1 aromatic rings. The Morgan fingerprint density at radius 2 is 2.29 bits per heavy atom. The van der Waals surface area contributed by atoms with E-state index in [2.05, 4.69) is 10.2 Å². The van der Waals surface area contributed by atoms with Gasteiger partial charge in [-0.25, -0.2) is 0 Å². The minimum atomic E-state index is -0.0684. The van der Waals surface area contributed by atoms with Crippen molar-refractivity contribution in [1.82, 2.24) is 10.2 Å². The van der Waals surface area contributed by atoms with Crippen LogP contribution in [-0.4, -0.2) is 38.2 Å². The smallest absolute Gasteiger partial charge is 0.223 e. The summed E-state index contributed by atoms with van der Waals surface area (Å²) in [5, 5.41) is 2.67. The minimum Gasteiger partial charge on any atom is -0.467 e. The number of hydrogen-bond acceptors (Lipinski definition) is 5. The van der Waals surface area contributed by atoms with Crippen molar-refractivity contribution < 1.29 is 14.3 Å². The molecule has 0 aliphatic carbocycles. The van der Waals surface area contributed by atoms with E-state index >= 15 is 0 Å². The number of carbonyl (C=O) groups is 1. The number of benzene rings is 1. The summed E-state index contributed by atoms with van der Waals surface area (Å²) in [7, 11) is 3.63. The molecule has 0 saturated heterocycles. The van der Waals surface area contributed by atoms with Crippen LogP contribution in [0.25, 0.3) is 0 Å². The number of fused-ring (bicyclic) bond motifs is 1. The summed E-state index contributed by atoms with van der Waals surface area (Å²) >= 11 is 0. The van der Waals surface area contributed by atoms with Crippen LogP contribution in [0.2, 0.25) is 0 Å². The third-order valence-corrected chi connectivity index (χ3v) is 3.53. The lowest BCUT2D eigenvalue weighted by molar-refractivity contribution is -0.124. The Hall–Kier alpha value is -1.79. The van der Waals surface area contributed by atoms with Crippen molar-refractivity contribution in [3.63, 3.8) is 0 Å². The monoisotopic (exact) mass is 293 g/mol. The number of nitrogens with two attached hydrogens (primary N) is 1. The zero-order valence-corrected chi connectivity index (χ0v) is 12.8. The Morgan fingerprint density at radius 3 is 3.00 bits per heavy atom. The highest BCUT2D eigenvalue weighted by atomic mass is 16.7. The molecule has 6 nitrogen and oxygen atoms in total. The number of carbonyl (C=O) groups excluding carboxylic acids is 1. The van der Waals surface area contributed by atoms with Crippen LogP contribution in [0.5, 0.6) is 5.75 Å². The molecule has 116 valence electrons. The Bertz CT molecular complexity index is 519. The van der Waals surface area contributed by atoms with Gasteiger partial charge in [-0.2, -0.15) is 0 Å². The highest BCUT2D eigenvalue weighted by Crippen LogP contribution is 2.31. The summed E-state index contributed by atoms with van der Waals surface area (Å²) in [4.78, 5) is 13.7. The molecule has 2 rings (SSSR count). The highest BCUT2D eigenvalue weighted by molar-refractivity contribution is 5.78. The second kappa shape index (κ2) is 6.78. The predicted molar refractivity (Wildman–Crippen MR) is 80.7 cm³/mol. The van der Waals surface area contributed by atoms with Crippen molar-refractivity contribution in [2.45, 2.75) is 20.1 Å². The summed E-state index contributed by atoms with van der Waals surface area (Å²) in [5.41, 5.74) is 8.64. The van der Waals surface area contributed by atoms with E-state index in [1.165, 1.54) is 0 Å². The van der Waals surface area contributed by atoms with Gasteiger partial charge in [0.1, 0.15) is 5.75 Å². The van der Waals surface area contributed by atoms with E-state index in [1.54, 1.807) is 7.05 Å². The number of ether oxygens (including phenoxy) is 2. The van der Waals surface area contributed by atoms with E-state index in [0.717, 1.165) is 16.9 Å². The van der Waals surface area contributed by atoms with Crippen LogP contribution in [0.1, 0.15) is 18.1 Å². The van der Waals surface area contributed by atoms with E-state index in [1.807, 2.05) is 26.1 Å². The SMILES string of the molecule is CNC(=O)C(C)CN(C)Cc1cc(N)cc2c1OCOC2. The molecule has 1 atom stereocenters. The first-order valence-electron chi connectivity index (χ1n) is 7.03. The minimum absolute atomic E-state index is 0.0427. The molecule has 0 fully saturated rings. The first-order valence-corrected chi connectivity index (χ1v) is 7.03. The van der Waals surface area contributed by atoms with Crippen LogP contribution in [-0.2, 0) is 22.7 Å². The lowest BCUT2D eigenvalue weighted by Crippen LogP contribution is -2.34. The molecule has 6 heteroatoms. The number of nitrogens with one attached hydrogen (secondary N) is 1. The summed E-state index contributed by atoms with van der Waals surface area (Å²) < 4.78 is 10.9. The fourth-order valence-corrected chi connectivity index (χ4v) is 2.60. The summed E-state index contributed by atoms with van der Waals surface area (Å²) in [6.45, 7) is 4.04. The molecule has 1 aliphatic rings. The summed E-state index contributed by atoms with van der Waals surface area (Å²) in [6, 6.07) is 3.80. The Morgan fingerprint density at radius 1 is 1.52 bits per heavy atom. The normalized spacial score (nSPS) is 15.2. The van der Waals surface area contributed by atoms with Gasteiger partial charge in [0.2, 0.25) is 5.91 Å². The van der Waals surface area contributed by atoms with Gasteiger partial charge in [-0.05, 0) is 19.2 Å². The van der Waals surface area contributed by atoms with Gasteiger partial charge in [-0.15, -0.1) is 0 Å². The predicted octanol–water partition coefficient (Wildman–Crippen LogP) is 0.949. The molecule has 1 heterocycles. The number of rotatable bonds is 5. The Labute approximate surface area is 125 Å². The molecule has 3 N–H and O–H groups in total. The molecule has 1 amide bonds. The molecule has 1 aromatic carbocycles. The highest BCUT2D eigenvalue weighted by Gasteiger charge is 2.19. The van der Waals surface area contributed by atoms with E-state index in [-0.39, 0.29) is 18.6 Å². The molecule has 0 saturated carbocycles. The standard InChI is InChI=1S/C15H23N3O3/c1-10(15(19)17-2)6-18(3)7-11-4-13(16)5-12-8-20-9-21-14(11)12/h4-5,10H,6-9,16H2,1-3H3,(H,17,19). The molecule has 1 aliphatic heterocycles. The second-order valence-corrected chi connectivity index (χ2v) is 5.49. The lowest BCUT2D eigenvalue weighted by Gasteiger charge is -2.25. The molecule has 21 heavy (non-hydrogen) atoms. The molecule has 0 bridgehead atoms. The third kappa shape index (κ3) is 3.86. The molecule has 0 radical (unpaired) electrons. The number of amides is 1. The lowest BCUT2D eigenvalue weighted by atomic mass is 10.1. The van der Waals surface area contributed by atoms with Crippen LogP contribution >= 0.6 is 0 Å². The first-order chi connectivity index (χ1) is 10.0. The van der Waals surface area contributed by atoms with Crippen molar-refractivity contribution in [1.29, 1.82) is 0 Å². The van der Waals surface area contributed by atoms with Gasteiger partial charge < -0.3 is 25.4 Å². The maximum absolute atomic E-state index is 11.6. The van der Waals surface area contributed by atoms with Crippen LogP contribution in [0, 0.1) is 5.92 Å². The summed E-state index contributed by atoms with van der Waals surface area (Å²) in [6.07, 6.45) is 0. The van der Waals surface area contributed by atoms with Crippen molar-refractivity contribution in [2.75, 3.05) is 33.2 Å². The molecular formula is C15H23N3O3.